The Morgan fingerprint density at radius 3 is 2.27 bits per heavy atom. The highest BCUT2D eigenvalue weighted by Gasteiger charge is 2.66. The van der Waals surface area contributed by atoms with Gasteiger partial charge in [-0.2, -0.15) is 0 Å². The molecule has 0 bridgehead atoms. The molecule has 4 aliphatic rings. The fourth-order valence-corrected chi connectivity index (χ4v) is 9.66. The lowest BCUT2D eigenvalue weighted by atomic mass is 9.43. The van der Waals surface area contributed by atoms with E-state index in [2.05, 4.69) is 20.8 Å². The maximum absolute atomic E-state index is 12.8. The van der Waals surface area contributed by atoms with Crippen LogP contribution in [0.5, 0.6) is 0 Å². The molecule has 11 unspecified atom stereocenters. The van der Waals surface area contributed by atoms with Gasteiger partial charge in [0.25, 0.3) is 0 Å². The van der Waals surface area contributed by atoms with E-state index in [9.17, 15) is 19.8 Å². The van der Waals surface area contributed by atoms with E-state index in [1.165, 1.54) is 0 Å². The number of carbonyl (C=O) groups is 2. The van der Waals surface area contributed by atoms with Crippen LogP contribution in [0.3, 0.4) is 0 Å². The first-order valence-corrected chi connectivity index (χ1v) is 16.8. The Bertz CT molecular complexity index is 958. The summed E-state index contributed by atoms with van der Waals surface area (Å²) in [5, 5.41) is 23.6. The maximum atomic E-state index is 12.8. The van der Waals surface area contributed by atoms with Crippen LogP contribution >= 0.6 is 0 Å². The Balaban J connectivity index is 1.45. The van der Waals surface area contributed by atoms with Crippen molar-refractivity contribution < 1.29 is 29.3 Å². The maximum Gasteiger partial charge on any atom is 0.311 e. The zero-order chi connectivity index (χ0) is 30.5. The molecule has 4 rings (SSSR count). The molecule has 6 nitrogen and oxygen atoms in total. The molecule has 6 heteroatoms. The average Bonchev–Trinajstić information content (AvgIpc) is 3.26. The van der Waals surface area contributed by atoms with E-state index in [1.807, 2.05) is 41.5 Å². The van der Waals surface area contributed by atoms with Gasteiger partial charge < -0.3 is 19.7 Å². The third kappa shape index (κ3) is 5.99. The molecule has 0 aliphatic heterocycles. The second-order valence-corrected chi connectivity index (χ2v) is 16.2. The minimum atomic E-state index is -0.474. The van der Waals surface area contributed by atoms with Crippen molar-refractivity contribution in [3.05, 3.63) is 0 Å². The van der Waals surface area contributed by atoms with Crippen LogP contribution in [0.15, 0.2) is 0 Å². The predicted octanol–water partition coefficient (Wildman–Crippen LogP) is 7.08. The van der Waals surface area contributed by atoms with Gasteiger partial charge in [0, 0.05) is 6.42 Å². The lowest BCUT2D eigenvalue weighted by Gasteiger charge is -2.63. The summed E-state index contributed by atoms with van der Waals surface area (Å²) in [6.07, 6.45) is 8.02. The molecule has 0 aromatic carbocycles. The molecule has 4 fully saturated rings. The minimum absolute atomic E-state index is 0.0366. The Morgan fingerprint density at radius 2 is 1.63 bits per heavy atom. The summed E-state index contributed by atoms with van der Waals surface area (Å²) in [4.78, 5) is 25.4. The first-order valence-electron chi connectivity index (χ1n) is 16.8. The van der Waals surface area contributed by atoms with Crippen LogP contribution in [0.1, 0.15) is 133 Å². The molecule has 0 heterocycles. The molecule has 11 atom stereocenters. The molecular weight excluding hydrogens is 516 g/mol. The van der Waals surface area contributed by atoms with Crippen LogP contribution < -0.4 is 0 Å². The number of carbonyl (C=O) groups excluding carboxylic acids is 2. The van der Waals surface area contributed by atoms with Crippen LogP contribution in [-0.2, 0) is 19.1 Å². The monoisotopic (exact) mass is 576 g/mol. The number of aliphatic hydroxyl groups is 2. The Kier molecular flexibility index (Phi) is 9.39. The molecule has 0 radical (unpaired) electrons. The number of esters is 2. The number of aliphatic hydroxyl groups excluding tert-OH is 2. The van der Waals surface area contributed by atoms with Crippen molar-refractivity contribution in [1.29, 1.82) is 0 Å². The second kappa shape index (κ2) is 11.7. The summed E-state index contributed by atoms with van der Waals surface area (Å²) in [6.45, 7) is 18.8. The van der Waals surface area contributed by atoms with Crippen molar-refractivity contribution in [2.24, 2.45) is 51.8 Å². The first-order chi connectivity index (χ1) is 19.0. The van der Waals surface area contributed by atoms with E-state index < -0.39 is 23.2 Å². The van der Waals surface area contributed by atoms with E-state index in [1.54, 1.807) is 0 Å². The van der Waals surface area contributed by atoms with E-state index in [0.717, 1.165) is 64.2 Å². The molecule has 41 heavy (non-hydrogen) atoms. The fourth-order valence-electron chi connectivity index (χ4n) is 9.66. The second-order valence-electron chi connectivity index (χ2n) is 16.2. The largest absolute Gasteiger partial charge is 0.462 e. The van der Waals surface area contributed by atoms with Gasteiger partial charge in [0.1, 0.15) is 11.7 Å². The predicted molar refractivity (Wildman–Crippen MR) is 161 cm³/mol. The SMILES string of the molecule is CCC(C)(C)OC(=O)CCC(C)C1CCC2C3C(O)CC4CC(OC(=O)C(C)(C)CC)CCC4(C)C3CC(O)C12C. The summed E-state index contributed by atoms with van der Waals surface area (Å²) in [5.41, 5.74) is -1.12. The topological polar surface area (TPSA) is 93.1 Å². The lowest BCUT2D eigenvalue weighted by molar-refractivity contribution is -0.210. The Morgan fingerprint density at radius 1 is 0.951 bits per heavy atom. The van der Waals surface area contributed by atoms with Crippen LogP contribution in [0.25, 0.3) is 0 Å². The van der Waals surface area contributed by atoms with Gasteiger partial charge in [-0.1, -0.05) is 34.6 Å². The lowest BCUT2D eigenvalue weighted by Crippen LogP contribution is -2.62. The van der Waals surface area contributed by atoms with E-state index >= 15 is 0 Å². The van der Waals surface area contributed by atoms with Crippen molar-refractivity contribution in [1.82, 2.24) is 0 Å². The van der Waals surface area contributed by atoms with Crippen LogP contribution in [0.4, 0.5) is 0 Å². The molecule has 0 spiro atoms. The van der Waals surface area contributed by atoms with Gasteiger partial charge in [-0.05, 0) is 138 Å². The zero-order valence-corrected chi connectivity index (χ0v) is 27.5. The van der Waals surface area contributed by atoms with Gasteiger partial charge in [-0.25, -0.2) is 0 Å². The summed E-state index contributed by atoms with van der Waals surface area (Å²) in [7, 11) is 0. The number of hydrogen-bond donors (Lipinski definition) is 2. The third-order valence-corrected chi connectivity index (χ3v) is 13.3. The average molecular weight is 577 g/mol. The van der Waals surface area contributed by atoms with E-state index in [-0.39, 0.29) is 46.6 Å². The van der Waals surface area contributed by atoms with Gasteiger partial charge in [-0.3, -0.25) is 9.59 Å². The van der Waals surface area contributed by atoms with Gasteiger partial charge in [0.15, 0.2) is 0 Å². The number of rotatable bonds is 9. The fraction of sp³-hybridized carbons (Fsp3) is 0.943. The number of fused-ring (bicyclic) bond motifs is 5. The summed E-state index contributed by atoms with van der Waals surface area (Å²) in [6, 6.07) is 0. The summed E-state index contributed by atoms with van der Waals surface area (Å²) < 4.78 is 11.7. The number of hydrogen-bond acceptors (Lipinski definition) is 6. The molecular formula is C35H60O6. The molecule has 0 saturated heterocycles. The molecule has 4 aliphatic carbocycles. The molecule has 0 aromatic rings. The molecule has 0 amide bonds. The molecule has 4 saturated carbocycles. The van der Waals surface area contributed by atoms with Crippen molar-refractivity contribution in [2.75, 3.05) is 0 Å². The van der Waals surface area contributed by atoms with Gasteiger partial charge in [0.05, 0.1) is 17.6 Å². The molecule has 236 valence electrons. The first kappa shape index (κ1) is 32.8. The van der Waals surface area contributed by atoms with Crippen LogP contribution in [-0.4, -0.2) is 46.1 Å². The van der Waals surface area contributed by atoms with Crippen molar-refractivity contribution in [3.63, 3.8) is 0 Å². The van der Waals surface area contributed by atoms with Gasteiger partial charge in [0.2, 0.25) is 0 Å². The summed E-state index contributed by atoms with van der Waals surface area (Å²) >= 11 is 0. The zero-order valence-electron chi connectivity index (χ0n) is 27.5. The van der Waals surface area contributed by atoms with Gasteiger partial charge >= 0.3 is 11.9 Å². The normalized spacial score (nSPS) is 41.5. The smallest absolute Gasteiger partial charge is 0.311 e. The highest BCUT2D eigenvalue weighted by atomic mass is 16.6. The van der Waals surface area contributed by atoms with Crippen LogP contribution in [0.2, 0.25) is 0 Å². The van der Waals surface area contributed by atoms with Crippen LogP contribution in [0, 0.1) is 51.8 Å². The highest BCUT2D eigenvalue weighted by Crippen LogP contribution is 2.68. The molecule has 2 N–H and O–H groups in total. The van der Waals surface area contributed by atoms with Gasteiger partial charge in [-0.15, -0.1) is 0 Å². The standard InChI is InChI=1S/C35H60O6/c1-10-32(4,5)31(39)40-23-16-17-34(8)22(18-23)19-27(36)30-25-14-13-24(35(25,9)28(37)20-26(30)34)21(3)12-15-29(38)41-33(6,7)11-2/h21-28,30,36-37H,10-20H2,1-9H3. The quantitative estimate of drug-likeness (QED) is 0.285. The van der Waals surface area contributed by atoms with Crippen molar-refractivity contribution in [2.45, 2.75) is 157 Å². The highest BCUT2D eigenvalue weighted by molar-refractivity contribution is 5.76. The minimum Gasteiger partial charge on any atom is -0.462 e. The van der Waals surface area contributed by atoms with Crippen molar-refractivity contribution in [3.8, 4) is 0 Å². The summed E-state index contributed by atoms with van der Waals surface area (Å²) in [5.74, 6) is 1.42. The Hall–Kier alpha value is -1.14. The molecule has 0 aromatic heterocycles. The Labute approximate surface area is 249 Å². The number of ether oxygens (including phenoxy) is 2. The van der Waals surface area contributed by atoms with E-state index in [4.69, 9.17) is 9.47 Å². The van der Waals surface area contributed by atoms with Crippen molar-refractivity contribution >= 4 is 11.9 Å². The third-order valence-electron chi connectivity index (χ3n) is 13.3. The van der Waals surface area contributed by atoms with E-state index in [0.29, 0.717) is 24.2 Å².